The van der Waals surface area contributed by atoms with Crippen LogP contribution in [0.3, 0.4) is 0 Å². The van der Waals surface area contributed by atoms with Crippen LogP contribution in [0.5, 0.6) is 0 Å². The SMILES string of the molecule is CCC(C)C1C=C(Cc2ccccc2)CC(C)C1C. The number of hydrogen-bond acceptors (Lipinski definition) is 0. The molecule has 4 unspecified atom stereocenters. The zero-order valence-corrected chi connectivity index (χ0v) is 12.9. The Hall–Kier alpha value is -1.04. The third-order valence-electron chi connectivity index (χ3n) is 5.09. The average Bonchev–Trinajstić information content (AvgIpc) is 2.43. The third kappa shape index (κ3) is 3.49. The highest BCUT2D eigenvalue weighted by Gasteiger charge is 2.29. The van der Waals surface area contributed by atoms with Gasteiger partial charge in [-0.05, 0) is 42.1 Å². The van der Waals surface area contributed by atoms with Crippen LogP contribution in [0.4, 0.5) is 0 Å². The molecule has 0 amide bonds. The van der Waals surface area contributed by atoms with E-state index in [1.165, 1.54) is 18.4 Å². The summed E-state index contributed by atoms with van der Waals surface area (Å²) in [6.45, 7) is 9.60. The second kappa shape index (κ2) is 6.41. The van der Waals surface area contributed by atoms with Crippen molar-refractivity contribution in [3.05, 3.63) is 47.5 Å². The highest BCUT2D eigenvalue weighted by atomic mass is 14.3. The van der Waals surface area contributed by atoms with E-state index >= 15 is 0 Å². The van der Waals surface area contributed by atoms with E-state index in [4.69, 9.17) is 0 Å². The van der Waals surface area contributed by atoms with Crippen LogP contribution in [0.1, 0.15) is 46.1 Å². The molecule has 0 heterocycles. The van der Waals surface area contributed by atoms with Gasteiger partial charge in [0.05, 0.1) is 0 Å². The van der Waals surface area contributed by atoms with Crippen molar-refractivity contribution in [3.63, 3.8) is 0 Å². The number of rotatable bonds is 4. The fourth-order valence-corrected chi connectivity index (χ4v) is 3.41. The van der Waals surface area contributed by atoms with Crippen molar-refractivity contribution in [2.75, 3.05) is 0 Å². The van der Waals surface area contributed by atoms with E-state index < -0.39 is 0 Å². The molecular weight excluding hydrogens is 228 g/mol. The van der Waals surface area contributed by atoms with Crippen molar-refractivity contribution in [1.29, 1.82) is 0 Å². The van der Waals surface area contributed by atoms with E-state index in [0.29, 0.717) is 0 Å². The highest BCUT2D eigenvalue weighted by molar-refractivity contribution is 5.24. The van der Waals surface area contributed by atoms with Gasteiger partial charge < -0.3 is 0 Å². The van der Waals surface area contributed by atoms with E-state index in [-0.39, 0.29) is 0 Å². The van der Waals surface area contributed by atoms with Crippen LogP contribution in [0.25, 0.3) is 0 Å². The summed E-state index contributed by atoms with van der Waals surface area (Å²) in [5.41, 5.74) is 3.11. The van der Waals surface area contributed by atoms with E-state index in [2.05, 4.69) is 64.1 Å². The molecule has 0 heteroatoms. The molecule has 0 fully saturated rings. The molecule has 1 aliphatic rings. The Labute approximate surface area is 118 Å². The first-order valence-electron chi connectivity index (χ1n) is 7.85. The lowest BCUT2D eigenvalue weighted by Crippen LogP contribution is -2.27. The minimum atomic E-state index is 0.771. The molecule has 1 aromatic rings. The molecule has 0 aromatic heterocycles. The largest absolute Gasteiger partial charge is 0.0813 e. The van der Waals surface area contributed by atoms with Gasteiger partial charge in [0.2, 0.25) is 0 Å². The normalized spacial score (nSPS) is 28.8. The Bertz CT molecular complexity index is 415. The summed E-state index contributed by atoms with van der Waals surface area (Å²) < 4.78 is 0. The molecule has 0 spiro atoms. The van der Waals surface area contributed by atoms with Gasteiger partial charge in [-0.3, -0.25) is 0 Å². The molecular formula is C19H28. The lowest BCUT2D eigenvalue weighted by atomic mass is 9.69. The molecule has 19 heavy (non-hydrogen) atoms. The van der Waals surface area contributed by atoms with Crippen LogP contribution in [0.15, 0.2) is 42.0 Å². The van der Waals surface area contributed by atoms with Crippen molar-refractivity contribution in [3.8, 4) is 0 Å². The van der Waals surface area contributed by atoms with Crippen LogP contribution in [0, 0.1) is 23.7 Å². The summed E-state index contributed by atoms with van der Waals surface area (Å²) >= 11 is 0. The first-order valence-corrected chi connectivity index (χ1v) is 7.85. The standard InChI is InChI=1S/C19H28/c1-5-14(2)19-13-18(11-15(3)16(19)4)12-17-9-7-6-8-10-17/h6-10,13-16,19H,5,11-12H2,1-4H3. The molecule has 2 rings (SSSR count). The molecule has 0 radical (unpaired) electrons. The van der Waals surface area contributed by atoms with Gasteiger partial charge in [0.1, 0.15) is 0 Å². The molecule has 1 aliphatic carbocycles. The molecule has 4 atom stereocenters. The molecule has 0 bridgehead atoms. The second-order valence-electron chi connectivity index (χ2n) is 6.49. The first-order chi connectivity index (χ1) is 9.11. The van der Waals surface area contributed by atoms with E-state index in [1.54, 1.807) is 5.57 Å². The Kier molecular flexibility index (Phi) is 4.85. The molecule has 0 aliphatic heterocycles. The lowest BCUT2D eigenvalue weighted by molar-refractivity contribution is 0.216. The minimum absolute atomic E-state index is 0.771. The Morgan fingerprint density at radius 2 is 1.84 bits per heavy atom. The van der Waals surface area contributed by atoms with Gasteiger partial charge in [-0.15, -0.1) is 0 Å². The molecule has 1 aromatic carbocycles. The van der Waals surface area contributed by atoms with Gasteiger partial charge in [0.25, 0.3) is 0 Å². The van der Waals surface area contributed by atoms with Crippen LogP contribution in [0.2, 0.25) is 0 Å². The monoisotopic (exact) mass is 256 g/mol. The minimum Gasteiger partial charge on any atom is -0.0813 e. The lowest BCUT2D eigenvalue weighted by Gasteiger charge is -2.36. The highest BCUT2D eigenvalue weighted by Crippen LogP contribution is 2.39. The van der Waals surface area contributed by atoms with Crippen molar-refractivity contribution < 1.29 is 0 Å². The Morgan fingerprint density at radius 1 is 1.16 bits per heavy atom. The van der Waals surface area contributed by atoms with Crippen molar-refractivity contribution in [2.45, 2.75) is 47.0 Å². The van der Waals surface area contributed by atoms with Crippen LogP contribution in [-0.4, -0.2) is 0 Å². The third-order valence-corrected chi connectivity index (χ3v) is 5.09. The summed E-state index contributed by atoms with van der Waals surface area (Å²) in [5.74, 6) is 3.23. The first kappa shape index (κ1) is 14.4. The second-order valence-corrected chi connectivity index (χ2v) is 6.49. The number of benzene rings is 1. The predicted molar refractivity (Wildman–Crippen MR) is 84.1 cm³/mol. The van der Waals surface area contributed by atoms with Gasteiger partial charge in [0, 0.05) is 0 Å². The van der Waals surface area contributed by atoms with Gasteiger partial charge in [-0.1, -0.05) is 76.1 Å². The topological polar surface area (TPSA) is 0 Å². The summed E-state index contributed by atoms with van der Waals surface area (Å²) in [4.78, 5) is 0. The van der Waals surface area contributed by atoms with Crippen LogP contribution < -0.4 is 0 Å². The zero-order chi connectivity index (χ0) is 13.8. The van der Waals surface area contributed by atoms with Gasteiger partial charge in [-0.25, -0.2) is 0 Å². The maximum Gasteiger partial charge on any atom is -0.00669 e. The summed E-state index contributed by atoms with van der Waals surface area (Å²) in [6.07, 6.45) is 6.32. The molecule has 0 nitrogen and oxygen atoms in total. The average molecular weight is 256 g/mol. The van der Waals surface area contributed by atoms with Gasteiger partial charge in [-0.2, -0.15) is 0 Å². The van der Waals surface area contributed by atoms with Crippen LogP contribution >= 0.6 is 0 Å². The quantitative estimate of drug-likeness (QED) is 0.624. The number of allylic oxidation sites excluding steroid dienone is 2. The fraction of sp³-hybridized carbons (Fsp3) is 0.579. The van der Waals surface area contributed by atoms with Crippen molar-refractivity contribution >= 4 is 0 Å². The van der Waals surface area contributed by atoms with E-state index in [1.807, 2.05) is 0 Å². The summed E-state index contributed by atoms with van der Waals surface area (Å²) in [7, 11) is 0. The maximum atomic E-state index is 2.60. The van der Waals surface area contributed by atoms with Gasteiger partial charge in [0.15, 0.2) is 0 Å². The molecule has 0 N–H and O–H groups in total. The summed E-state index contributed by atoms with van der Waals surface area (Å²) in [5, 5.41) is 0. The predicted octanol–water partition coefficient (Wildman–Crippen LogP) is 5.49. The Morgan fingerprint density at radius 3 is 2.47 bits per heavy atom. The Balaban J connectivity index is 2.15. The zero-order valence-electron chi connectivity index (χ0n) is 12.9. The van der Waals surface area contributed by atoms with Crippen LogP contribution in [-0.2, 0) is 6.42 Å². The van der Waals surface area contributed by atoms with Crippen molar-refractivity contribution in [2.24, 2.45) is 23.7 Å². The smallest absolute Gasteiger partial charge is 0.00669 e. The molecule has 0 saturated heterocycles. The van der Waals surface area contributed by atoms with Crippen molar-refractivity contribution in [1.82, 2.24) is 0 Å². The summed E-state index contributed by atoms with van der Waals surface area (Å²) in [6, 6.07) is 10.9. The maximum absolute atomic E-state index is 2.60. The molecule has 0 saturated carbocycles. The fourth-order valence-electron chi connectivity index (χ4n) is 3.41. The number of hydrogen-bond donors (Lipinski definition) is 0. The van der Waals surface area contributed by atoms with Gasteiger partial charge >= 0.3 is 0 Å². The van der Waals surface area contributed by atoms with E-state index in [9.17, 15) is 0 Å². The molecule has 104 valence electrons. The van der Waals surface area contributed by atoms with E-state index in [0.717, 1.165) is 30.1 Å².